The van der Waals surface area contributed by atoms with Gasteiger partial charge in [0.05, 0.1) is 6.10 Å². The first-order valence-corrected chi connectivity index (χ1v) is 6.93. The van der Waals surface area contributed by atoms with Gasteiger partial charge in [0.2, 0.25) is 0 Å². The van der Waals surface area contributed by atoms with E-state index in [0.717, 1.165) is 25.5 Å². The third-order valence-corrected chi connectivity index (χ3v) is 3.70. The first kappa shape index (κ1) is 12.3. The summed E-state index contributed by atoms with van der Waals surface area (Å²) in [6.07, 6.45) is 5.58. The van der Waals surface area contributed by atoms with Crippen molar-refractivity contribution in [3.05, 3.63) is 0 Å². The van der Waals surface area contributed by atoms with Gasteiger partial charge in [-0.25, -0.2) is 0 Å². The summed E-state index contributed by atoms with van der Waals surface area (Å²) in [4.78, 5) is 2.61. The molecule has 0 aromatic rings. The number of rotatable bonds is 5. The smallest absolute Gasteiger partial charge is 0.0702 e. The molecule has 2 fully saturated rings. The lowest BCUT2D eigenvalue weighted by Crippen LogP contribution is -2.42. The normalized spacial score (nSPS) is 32.1. The Bertz CT molecular complexity index is 192. The maximum Gasteiger partial charge on any atom is 0.0702 e. The molecule has 2 unspecified atom stereocenters. The van der Waals surface area contributed by atoms with Gasteiger partial charge in [-0.15, -0.1) is 0 Å². The number of likely N-dealkylation sites (tertiary alicyclic amines) is 1. The fraction of sp³-hybridized carbons (Fsp3) is 1.00. The van der Waals surface area contributed by atoms with E-state index in [1.807, 2.05) is 0 Å². The van der Waals surface area contributed by atoms with E-state index in [0.29, 0.717) is 6.10 Å². The van der Waals surface area contributed by atoms with Gasteiger partial charge in [0.15, 0.2) is 0 Å². The molecule has 2 atom stereocenters. The molecule has 3 nitrogen and oxygen atoms in total. The summed E-state index contributed by atoms with van der Waals surface area (Å²) in [5, 5.41) is 3.45. The van der Waals surface area contributed by atoms with E-state index in [1.165, 1.54) is 45.4 Å². The maximum absolute atomic E-state index is 5.87. The van der Waals surface area contributed by atoms with Crippen molar-refractivity contribution in [3.63, 3.8) is 0 Å². The SMILES string of the molecule is CCCOC1CCCN(CC2CCNC2)C1. The lowest BCUT2D eigenvalue weighted by atomic mass is 10.0. The molecule has 2 rings (SSSR count). The molecular weight excluding hydrogens is 200 g/mol. The molecule has 0 amide bonds. The number of nitrogens with zero attached hydrogens (tertiary/aromatic N) is 1. The number of piperidine rings is 1. The second-order valence-corrected chi connectivity index (χ2v) is 5.25. The summed E-state index contributed by atoms with van der Waals surface area (Å²) in [6, 6.07) is 0. The van der Waals surface area contributed by atoms with Crippen LogP contribution in [0, 0.1) is 5.92 Å². The Balaban J connectivity index is 1.68. The van der Waals surface area contributed by atoms with Crippen molar-refractivity contribution in [2.45, 2.75) is 38.7 Å². The van der Waals surface area contributed by atoms with Crippen LogP contribution in [0.3, 0.4) is 0 Å². The van der Waals surface area contributed by atoms with Crippen LogP contribution < -0.4 is 5.32 Å². The van der Waals surface area contributed by atoms with E-state index in [4.69, 9.17) is 4.74 Å². The van der Waals surface area contributed by atoms with Gasteiger partial charge >= 0.3 is 0 Å². The average Bonchev–Trinajstić information content (AvgIpc) is 2.80. The predicted octanol–water partition coefficient (Wildman–Crippen LogP) is 1.49. The summed E-state index contributed by atoms with van der Waals surface area (Å²) >= 11 is 0. The Morgan fingerprint density at radius 1 is 1.38 bits per heavy atom. The van der Waals surface area contributed by atoms with Crippen LogP contribution in [0.15, 0.2) is 0 Å². The zero-order chi connectivity index (χ0) is 11.2. The largest absolute Gasteiger partial charge is 0.377 e. The number of hydrogen-bond acceptors (Lipinski definition) is 3. The minimum Gasteiger partial charge on any atom is -0.377 e. The second kappa shape index (κ2) is 6.58. The quantitative estimate of drug-likeness (QED) is 0.768. The average molecular weight is 226 g/mol. The molecule has 1 N–H and O–H groups in total. The highest BCUT2D eigenvalue weighted by Gasteiger charge is 2.23. The lowest BCUT2D eigenvalue weighted by molar-refractivity contribution is -0.00320. The van der Waals surface area contributed by atoms with E-state index in [1.54, 1.807) is 0 Å². The first-order valence-electron chi connectivity index (χ1n) is 6.93. The van der Waals surface area contributed by atoms with Gasteiger partial charge in [0.1, 0.15) is 0 Å². The van der Waals surface area contributed by atoms with Crippen LogP contribution in [0.2, 0.25) is 0 Å². The minimum absolute atomic E-state index is 0.503. The molecule has 0 aromatic carbocycles. The molecule has 94 valence electrons. The second-order valence-electron chi connectivity index (χ2n) is 5.25. The van der Waals surface area contributed by atoms with E-state index in [2.05, 4.69) is 17.1 Å². The van der Waals surface area contributed by atoms with Gasteiger partial charge in [-0.3, -0.25) is 0 Å². The Morgan fingerprint density at radius 2 is 2.31 bits per heavy atom. The maximum atomic E-state index is 5.87. The highest BCUT2D eigenvalue weighted by atomic mass is 16.5. The molecule has 3 heteroatoms. The summed E-state index contributed by atoms with van der Waals surface area (Å²) in [7, 11) is 0. The highest BCUT2D eigenvalue weighted by Crippen LogP contribution is 2.17. The van der Waals surface area contributed by atoms with Crippen LogP contribution in [0.1, 0.15) is 32.6 Å². The standard InChI is InChI=1S/C13H26N2O/c1-2-8-16-13-4-3-7-15(11-13)10-12-5-6-14-9-12/h12-14H,2-11H2,1H3. The Labute approximate surface area is 99.5 Å². The van der Waals surface area contributed by atoms with Gasteiger partial charge in [-0.1, -0.05) is 6.92 Å². The molecule has 0 saturated carbocycles. The van der Waals surface area contributed by atoms with Crippen molar-refractivity contribution in [1.29, 1.82) is 0 Å². The number of hydrogen-bond donors (Lipinski definition) is 1. The molecule has 2 aliphatic rings. The molecule has 2 aliphatic heterocycles. The van der Waals surface area contributed by atoms with Crippen LogP contribution in [-0.4, -0.2) is 50.3 Å². The Hall–Kier alpha value is -0.120. The molecule has 0 spiro atoms. The van der Waals surface area contributed by atoms with Gasteiger partial charge < -0.3 is 15.0 Å². The fourth-order valence-electron chi connectivity index (χ4n) is 2.83. The highest BCUT2D eigenvalue weighted by molar-refractivity contribution is 4.79. The van der Waals surface area contributed by atoms with E-state index >= 15 is 0 Å². The molecule has 0 radical (unpaired) electrons. The van der Waals surface area contributed by atoms with Crippen molar-refractivity contribution in [3.8, 4) is 0 Å². The van der Waals surface area contributed by atoms with Gasteiger partial charge in [0.25, 0.3) is 0 Å². The minimum atomic E-state index is 0.503. The summed E-state index contributed by atoms with van der Waals surface area (Å²) in [5.41, 5.74) is 0. The van der Waals surface area contributed by atoms with E-state index in [9.17, 15) is 0 Å². The van der Waals surface area contributed by atoms with Crippen LogP contribution >= 0.6 is 0 Å². The van der Waals surface area contributed by atoms with Crippen LogP contribution in [0.5, 0.6) is 0 Å². The topological polar surface area (TPSA) is 24.5 Å². The molecule has 0 bridgehead atoms. The number of nitrogens with one attached hydrogen (secondary N) is 1. The van der Waals surface area contributed by atoms with E-state index < -0.39 is 0 Å². The lowest BCUT2D eigenvalue weighted by Gasteiger charge is -2.34. The molecule has 0 aromatic heterocycles. The van der Waals surface area contributed by atoms with Gasteiger partial charge in [-0.05, 0) is 51.2 Å². The summed E-state index contributed by atoms with van der Waals surface area (Å²) in [5.74, 6) is 0.880. The van der Waals surface area contributed by atoms with Crippen LogP contribution in [-0.2, 0) is 4.74 Å². The fourth-order valence-corrected chi connectivity index (χ4v) is 2.83. The molecule has 2 heterocycles. The summed E-state index contributed by atoms with van der Waals surface area (Å²) in [6.45, 7) is 9.28. The van der Waals surface area contributed by atoms with Crippen molar-refractivity contribution in [2.75, 3.05) is 39.3 Å². The Morgan fingerprint density at radius 3 is 3.06 bits per heavy atom. The predicted molar refractivity (Wildman–Crippen MR) is 66.7 cm³/mol. The molecule has 16 heavy (non-hydrogen) atoms. The van der Waals surface area contributed by atoms with Crippen molar-refractivity contribution in [2.24, 2.45) is 5.92 Å². The third kappa shape index (κ3) is 3.72. The van der Waals surface area contributed by atoms with Crippen molar-refractivity contribution in [1.82, 2.24) is 10.2 Å². The van der Waals surface area contributed by atoms with Crippen molar-refractivity contribution < 1.29 is 4.74 Å². The first-order chi connectivity index (χ1) is 7.88. The van der Waals surface area contributed by atoms with Gasteiger partial charge in [0, 0.05) is 19.7 Å². The third-order valence-electron chi connectivity index (χ3n) is 3.70. The number of ether oxygens (including phenoxy) is 1. The molecule has 0 aliphatic carbocycles. The summed E-state index contributed by atoms with van der Waals surface area (Å²) < 4.78 is 5.87. The van der Waals surface area contributed by atoms with Crippen LogP contribution in [0.4, 0.5) is 0 Å². The van der Waals surface area contributed by atoms with Crippen LogP contribution in [0.25, 0.3) is 0 Å². The Kier molecular flexibility index (Phi) is 5.07. The molecule has 2 saturated heterocycles. The molecular formula is C13H26N2O. The zero-order valence-electron chi connectivity index (χ0n) is 10.6. The monoisotopic (exact) mass is 226 g/mol. The van der Waals surface area contributed by atoms with Gasteiger partial charge in [-0.2, -0.15) is 0 Å². The van der Waals surface area contributed by atoms with E-state index in [-0.39, 0.29) is 0 Å². The van der Waals surface area contributed by atoms with Crippen molar-refractivity contribution >= 4 is 0 Å². The zero-order valence-corrected chi connectivity index (χ0v) is 10.6.